The number of carbonyl (C=O) groups is 1. The molecule has 0 bridgehead atoms. The first kappa shape index (κ1) is 18.2. The molecule has 1 saturated carbocycles. The van der Waals surface area contributed by atoms with E-state index in [0.29, 0.717) is 17.3 Å². The Morgan fingerprint density at radius 2 is 1.89 bits per heavy atom. The topological polar surface area (TPSA) is 77.2 Å². The van der Waals surface area contributed by atoms with Crippen LogP contribution in [0.5, 0.6) is 5.88 Å². The fraction of sp³-hybridized carbons (Fsp3) is 0.318. The number of ether oxygens (including phenoxy) is 1. The Labute approximate surface area is 163 Å². The van der Waals surface area contributed by atoms with Gasteiger partial charge in [-0.15, -0.1) is 0 Å². The van der Waals surface area contributed by atoms with Crippen molar-refractivity contribution in [2.45, 2.75) is 44.8 Å². The number of benzene rings is 1. The van der Waals surface area contributed by atoms with Crippen LogP contribution in [0.1, 0.15) is 41.7 Å². The van der Waals surface area contributed by atoms with Gasteiger partial charge in [0, 0.05) is 29.9 Å². The van der Waals surface area contributed by atoms with Gasteiger partial charge in [0.15, 0.2) is 11.5 Å². The summed E-state index contributed by atoms with van der Waals surface area (Å²) in [4.78, 5) is 16.8. The van der Waals surface area contributed by atoms with E-state index in [1.165, 1.54) is 0 Å². The number of amides is 1. The molecule has 0 saturated heterocycles. The van der Waals surface area contributed by atoms with Crippen molar-refractivity contribution < 1.29 is 14.1 Å². The van der Waals surface area contributed by atoms with E-state index in [2.05, 4.69) is 15.5 Å². The van der Waals surface area contributed by atoms with Gasteiger partial charge >= 0.3 is 0 Å². The molecule has 4 rings (SSSR count). The van der Waals surface area contributed by atoms with Crippen LogP contribution in [0, 0.1) is 6.92 Å². The quantitative estimate of drug-likeness (QED) is 0.722. The SMILES string of the molecule is Cc1ccc(OC2CCC(NC(=O)c3cc(-c4ccccc4)on3)CC2)nc1. The van der Waals surface area contributed by atoms with Crippen molar-refractivity contribution in [3.8, 4) is 17.2 Å². The first-order valence-electron chi connectivity index (χ1n) is 9.60. The molecule has 1 N–H and O–H groups in total. The van der Waals surface area contributed by atoms with E-state index in [4.69, 9.17) is 9.26 Å². The molecule has 0 aliphatic heterocycles. The average Bonchev–Trinajstić information content (AvgIpc) is 3.22. The number of aromatic nitrogens is 2. The molecule has 144 valence electrons. The summed E-state index contributed by atoms with van der Waals surface area (Å²) in [6.07, 6.45) is 5.45. The Hall–Kier alpha value is -3.15. The average molecular weight is 377 g/mol. The molecule has 1 amide bonds. The lowest BCUT2D eigenvalue weighted by Gasteiger charge is -2.29. The van der Waals surface area contributed by atoms with Crippen LogP contribution in [0.4, 0.5) is 0 Å². The van der Waals surface area contributed by atoms with Crippen LogP contribution >= 0.6 is 0 Å². The smallest absolute Gasteiger partial charge is 0.273 e. The molecule has 1 aliphatic carbocycles. The van der Waals surface area contributed by atoms with Crippen LogP contribution in [0.3, 0.4) is 0 Å². The van der Waals surface area contributed by atoms with Crippen LogP contribution in [-0.2, 0) is 0 Å². The maximum atomic E-state index is 12.5. The van der Waals surface area contributed by atoms with E-state index >= 15 is 0 Å². The van der Waals surface area contributed by atoms with Gasteiger partial charge in [-0.05, 0) is 38.2 Å². The maximum absolute atomic E-state index is 12.5. The summed E-state index contributed by atoms with van der Waals surface area (Å²) in [6.45, 7) is 2.00. The van der Waals surface area contributed by atoms with Gasteiger partial charge in [0.25, 0.3) is 5.91 Å². The van der Waals surface area contributed by atoms with Crippen molar-refractivity contribution in [1.29, 1.82) is 0 Å². The second-order valence-corrected chi connectivity index (χ2v) is 7.18. The van der Waals surface area contributed by atoms with Crippen LogP contribution < -0.4 is 10.1 Å². The Kier molecular flexibility index (Phi) is 5.37. The first-order chi connectivity index (χ1) is 13.7. The van der Waals surface area contributed by atoms with E-state index < -0.39 is 0 Å². The molecule has 28 heavy (non-hydrogen) atoms. The van der Waals surface area contributed by atoms with Gasteiger partial charge in [-0.3, -0.25) is 4.79 Å². The molecule has 2 aromatic heterocycles. The van der Waals surface area contributed by atoms with Crippen molar-refractivity contribution >= 4 is 5.91 Å². The maximum Gasteiger partial charge on any atom is 0.273 e. The molecule has 6 heteroatoms. The number of hydrogen-bond acceptors (Lipinski definition) is 5. The van der Waals surface area contributed by atoms with Gasteiger partial charge < -0.3 is 14.6 Å². The summed E-state index contributed by atoms with van der Waals surface area (Å²) < 4.78 is 11.3. The molecule has 1 aliphatic rings. The zero-order valence-corrected chi connectivity index (χ0v) is 15.8. The molecule has 0 unspecified atom stereocenters. The van der Waals surface area contributed by atoms with Gasteiger partial charge in [-0.2, -0.15) is 0 Å². The number of pyridine rings is 1. The number of carbonyl (C=O) groups excluding carboxylic acids is 1. The molecule has 1 aromatic carbocycles. The summed E-state index contributed by atoms with van der Waals surface area (Å²) >= 11 is 0. The summed E-state index contributed by atoms with van der Waals surface area (Å²) in [5.74, 6) is 1.05. The highest BCUT2D eigenvalue weighted by Gasteiger charge is 2.25. The summed E-state index contributed by atoms with van der Waals surface area (Å²) in [5, 5.41) is 6.98. The Bertz CT molecular complexity index is 914. The van der Waals surface area contributed by atoms with E-state index in [-0.39, 0.29) is 18.1 Å². The summed E-state index contributed by atoms with van der Waals surface area (Å²) in [7, 11) is 0. The lowest BCUT2D eigenvalue weighted by molar-refractivity contribution is 0.0881. The van der Waals surface area contributed by atoms with Gasteiger partial charge in [0.2, 0.25) is 5.88 Å². The number of aryl methyl sites for hydroxylation is 1. The van der Waals surface area contributed by atoms with Crippen LogP contribution in [0.2, 0.25) is 0 Å². The highest BCUT2D eigenvalue weighted by Crippen LogP contribution is 2.24. The molecule has 3 aromatic rings. The number of nitrogens with zero attached hydrogens (tertiary/aromatic N) is 2. The van der Waals surface area contributed by atoms with Crippen molar-refractivity contribution in [2.75, 3.05) is 0 Å². The first-order valence-corrected chi connectivity index (χ1v) is 9.60. The molecule has 2 heterocycles. The molecule has 1 fully saturated rings. The van der Waals surface area contributed by atoms with Crippen molar-refractivity contribution in [2.24, 2.45) is 0 Å². The third-order valence-corrected chi connectivity index (χ3v) is 4.98. The molecule has 0 spiro atoms. The van der Waals surface area contributed by atoms with E-state index in [1.807, 2.05) is 55.6 Å². The second kappa shape index (κ2) is 8.25. The van der Waals surface area contributed by atoms with Crippen LogP contribution in [-0.4, -0.2) is 28.2 Å². The fourth-order valence-electron chi connectivity index (χ4n) is 3.40. The minimum atomic E-state index is -0.199. The van der Waals surface area contributed by atoms with E-state index in [0.717, 1.165) is 36.8 Å². The lowest BCUT2D eigenvalue weighted by atomic mass is 9.93. The largest absolute Gasteiger partial charge is 0.474 e. The number of rotatable bonds is 5. The van der Waals surface area contributed by atoms with Crippen molar-refractivity contribution in [3.63, 3.8) is 0 Å². The highest BCUT2D eigenvalue weighted by molar-refractivity contribution is 5.93. The monoisotopic (exact) mass is 377 g/mol. The van der Waals surface area contributed by atoms with Gasteiger partial charge in [-0.1, -0.05) is 41.6 Å². The minimum Gasteiger partial charge on any atom is -0.474 e. The van der Waals surface area contributed by atoms with E-state index in [9.17, 15) is 4.79 Å². The zero-order valence-electron chi connectivity index (χ0n) is 15.8. The number of nitrogens with one attached hydrogen (secondary N) is 1. The number of hydrogen-bond donors (Lipinski definition) is 1. The molecule has 0 atom stereocenters. The standard InChI is InChI=1S/C22H23N3O3/c1-15-7-12-21(23-14-15)27-18-10-8-17(9-11-18)24-22(26)19-13-20(28-25-19)16-5-3-2-4-6-16/h2-7,12-14,17-18H,8-11H2,1H3,(H,24,26). The van der Waals surface area contributed by atoms with Crippen molar-refractivity contribution in [1.82, 2.24) is 15.5 Å². The third kappa shape index (κ3) is 4.39. The van der Waals surface area contributed by atoms with E-state index in [1.54, 1.807) is 6.07 Å². The van der Waals surface area contributed by atoms with Gasteiger partial charge in [0.05, 0.1) is 0 Å². The molecule has 0 radical (unpaired) electrons. The predicted octanol–water partition coefficient (Wildman–Crippen LogP) is 4.17. The minimum absolute atomic E-state index is 0.121. The molecular weight excluding hydrogens is 354 g/mol. The van der Waals surface area contributed by atoms with Crippen LogP contribution in [0.15, 0.2) is 59.3 Å². The second-order valence-electron chi connectivity index (χ2n) is 7.18. The third-order valence-electron chi connectivity index (χ3n) is 4.98. The Balaban J connectivity index is 1.28. The normalized spacial score (nSPS) is 19.2. The van der Waals surface area contributed by atoms with Gasteiger partial charge in [-0.25, -0.2) is 4.98 Å². The Morgan fingerprint density at radius 3 is 2.61 bits per heavy atom. The highest BCUT2D eigenvalue weighted by atomic mass is 16.5. The summed E-state index contributed by atoms with van der Waals surface area (Å²) in [6, 6.07) is 15.3. The Morgan fingerprint density at radius 1 is 1.11 bits per heavy atom. The van der Waals surface area contributed by atoms with Crippen molar-refractivity contribution in [3.05, 3.63) is 66.0 Å². The zero-order chi connectivity index (χ0) is 19.3. The fourth-order valence-corrected chi connectivity index (χ4v) is 3.40. The van der Waals surface area contributed by atoms with Gasteiger partial charge in [0.1, 0.15) is 6.10 Å². The summed E-state index contributed by atoms with van der Waals surface area (Å²) in [5.41, 5.74) is 2.32. The molecular formula is C22H23N3O3. The van der Waals surface area contributed by atoms with Crippen LogP contribution in [0.25, 0.3) is 11.3 Å². The lowest BCUT2D eigenvalue weighted by Crippen LogP contribution is -2.39. The predicted molar refractivity (Wildman–Crippen MR) is 105 cm³/mol. The molecule has 6 nitrogen and oxygen atoms in total.